The number of benzene rings is 4. The van der Waals surface area contributed by atoms with Gasteiger partial charge >= 0.3 is 0 Å². The Morgan fingerprint density at radius 3 is 2.17 bits per heavy atom. The normalized spacial score (nSPS) is 12.5. The quantitative estimate of drug-likeness (QED) is 0.0897. The number of pyridine rings is 1. The average Bonchev–Trinajstić information content (AvgIpc) is 3.06. The standard InChI is InChI=1S/C30H25N2.C13H24O2.Ir/c1-30(2,3)19-21-12-8-16-25-24(21)18-27-29(31-25)23-15-7-10-20-11-9-17-26(28(20)23)32(27)22-13-5-4-6-14-22;1-5-10(6-2)12(14)9-13(15)11(7-3)8-4;/h4-14,16-18H,19H2,1-3H3;9-11,14H,5-8H2,1-4H3;/q-1;;/b;12-9-;. The van der Waals surface area contributed by atoms with Gasteiger partial charge in [-0.3, -0.25) is 9.78 Å². The molecule has 4 nitrogen and oxygen atoms in total. The van der Waals surface area contributed by atoms with Gasteiger partial charge in [0.25, 0.3) is 0 Å². The SMILES string of the molecule is CC(C)(C)Cc1cccc2nc3c(cc12)N(c1ccccc1)c1cccc2cc[c-]c-3c12.CCC(CC)C(=O)/C=C(\O)C(CC)CC.[Ir]. The van der Waals surface area contributed by atoms with Crippen LogP contribution in [0.2, 0.25) is 0 Å². The molecule has 1 aromatic heterocycles. The fourth-order valence-corrected chi connectivity index (χ4v) is 6.72. The summed E-state index contributed by atoms with van der Waals surface area (Å²) < 4.78 is 0. The van der Waals surface area contributed by atoms with Crippen LogP contribution in [0.4, 0.5) is 17.1 Å². The molecule has 0 unspecified atom stereocenters. The summed E-state index contributed by atoms with van der Waals surface area (Å²) in [5.41, 5.74) is 8.12. The second kappa shape index (κ2) is 16.1. The number of hydrogen-bond donors (Lipinski definition) is 1. The molecule has 0 fully saturated rings. The number of para-hydroxylation sites is 1. The molecule has 0 saturated carbocycles. The van der Waals surface area contributed by atoms with Gasteiger partial charge < -0.3 is 10.0 Å². The van der Waals surface area contributed by atoms with Gasteiger partial charge in [-0.15, -0.1) is 23.8 Å². The molecule has 1 aliphatic rings. The Kier molecular flexibility index (Phi) is 12.4. The third kappa shape index (κ3) is 7.91. The van der Waals surface area contributed by atoms with Crippen LogP contribution >= 0.6 is 0 Å². The van der Waals surface area contributed by atoms with Crippen molar-refractivity contribution in [3.63, 3.8) is 0 Å². The van der Waals surface area contributed by atoms with Crippen molar-refractivity contribution in [3.05, 3.63) is 108 Å². The van der Waals surface area contributed by atoms with Crippen LogP contribution in [0, 0.1) is 23.3 Å². The van der Waals surface area contributed by atoms with Gasteiger partial charge in [-0.25, -0.2) is 0 Å². The first-order chi connectivity index (χ1) is 22.6. The zero-order valence-electron chi connectivity index (χ0n) is 29.4. The summed E-state index contributed by atoms with van der Waals surface area (Å²) in [6.07, 6.45) is 5.91. The number of allylic oxidation sites excluding steroid dienone is 2. The molecular formula is C43H49IrN2O2-. The molecule has 0 spiro atoms. The van der Waals surface area contributed by atoms with E-state index >= 15 is 0 Å². The molecule has 5 aromatic rings. The third-order valence-electron chi connectivity index (χ3n) is 9.28. The van der Waals surface area contributed by atoms with Crippen LogP contribution in [0.15, 0.2) is 96.8 Å². The molecule has 48 heavy (non-hydrogen) atoms. The Balaban J connectivity index is 0.000000279. The summed E-state index contributed by atoms with van der Waals surface area (Å²) in [5.74, 6) is 0.547. The molecule has 1 radical (unpaired) electrons. The average molecular weight is 818 g/mol. The molecule has 0 amide bonds. The van der Waals surface area contributed by atoms with E-state index in [1.165, 1.54) is 33.5 Å². The fraction of sp³-hybridized carbons (Fsp3) is 0.349. The van der Waals surface area contributed by atoms with Crippen LogP contribution in [0.25, 0.3) is 32.9 Å². The van der Waals surface area contributed by atoms with E-state index in [0.29, 0.717) is 0 Å². The van der Waals surface area contributed by atoms with E-state index in [9.17, 15) is 9.90 Å². The first-order valence-electron chi connectivity index (χ1n) is 17.3. The van der Waals surface area contributed by atoms with Gasteiger partial charge in [-0.05, 0) is 73.4 Å². The van der Waals surface area contributed by atoms with Gasteiger partial charge in [-0.2, -0.15) is 0 Å². The van der Waals surface area contributed by atoms with E-state index in [-0.39, 0.29) is 48.9 Å². The van der Waals surface area contributed by atoms with Gasteiger partial charge in [0.15, 0.2) is 5.78 Å². The van der Waals surface area contributed by atoms with Crippen molar-refractivity contribution in [2.24, 2.45) is 17.3 Å². The van der Waals surface area contributed by atoms with Crippen LogP contribution in [0.3, 0.4) is 0 Å². The Hall–Kier alpha value is -3.79. The number of fused-ring (bicyclic) bond motifs is 3. The van der Waals surface area contributed by atoms with Crippen molar-refractivity contribution in [1.29, 1.82) is 0 Å². The van der Waals surface area contributed by atoms with Gasteiger partial charge in [-0.1, -0.05) is 102 Å². The minimum Gasteiger partial charge on any atom is -0.512 e. The maximum atomic E-state index is 11.7. The number of anilines is 3. The predicted molar refractivity (Wildman–Crippen MR) is 199 cm³/mol. The van der Waals surface area contributed by atoms with Gasteiger partial charge in [0, 0.05) is 66.2 Å². The number of nitrogens with zero attached hydrogens (tertiary/aromatic N) is 2. The number of aromatic nitrogens is 1. The van der Waals surface area contributed by atoms with Crippen molar-refractivity contribution in [2.75, 3.05) is 4.90 Å². The van der Waals surface area contributed by atoms with Crippen molar-refractivity contribution in [1.82, 2.24) is 4.98 Å². The van der Waals surface area contributed by atoms with Gasteiger partial charge in [0.1, 0.15) is 0 Å². The van der Waals surface area contributed by atoms with Crippen LogP contribution in [-0.4, -0.2) is 15.9 Å². The van der Waals surface area contributed by atoms with Gasteiger partial charge in [0.2, 0.25) is 0 Å². The van der Waals surface area contributed by atoms with Crippen LogP contribution < -0.4 is 4.90 Å². The topological polar surface area (TPSA) is 53.4 Å². The largest absolute Gasteiger partial charge is 0.512 e. The molecule has 1 aliphatic heterocycles. The molecular weight excluding hydrogens is 769 g/mol. The summed E-state index contributed by atoms with van der Waals surface area (Å²) in [6, 6.07) is 33.7. The summed E-state index contributed by atoms with van der Waals surface area (Å²) in [6.45, 7) is 14.9. The van der Waals surface area contributed by atoms with Crippen molar-refractivity contribution in [3.8, 4) is 11.3 Å². The summed E-state index contributed by atoms with van der Waals surface area (Å²) >= 11 is 0. The monoisotopic (exact) mass is 818 g/mol. The summed E-state index contributed by atoms with van der Waals surface area (Å²) in [5, 5.41) is 13.4. The van der Waals surface area contributed by atoms with Crippen molar-refractivity contribution in [2.45, 2.75) is 80.6 Å². The zero-order valence-corrected chi connectivity index (χ0v) is 31.8. The summed E-state index contributed by atoms with van der Waals surface area (Å²) in [4.78, 5) is 19.3. The van der Waals surface area contributed by atoms with E-state index in [1.54, 1.807) is 0 Å². The van der Waals surface area contributed by atoms with Crippen LogP contribution in [0.5, 0.6) is 0 Å². The molecule has 0 aliphatic carbocycles. The first-order valence-corrected chi connectivity index (χ1v) is 17.3. The van der Waals surface area contributed by atoms with E-state index in [0.717, 1.165) is 60.3 Å². The van der Waals surface area contributed by atoms with Gasteiger partial charge in [0.05, 0.1) is 11.3 Å². The molecule has 0 saturated heterocycles. The zero-order chi connectivity index (χ0) is 33.7. The Morgan fingerprint density at radius 1 is 0.854 bits per heavy atom. The molecule has 0 atom stereocenters. The second-order valence-electron chi connectivity index (χ2n) is 13.8. The number of ketones is 1. The maximum absolute atomic E-state index is 11.7. The Bertz CT molecular complexity index is 1880. The van der Waals surface area contributed by atoms with E-state index in [4.69, 9.17) is 4.98 Å². The second-order valence-corrected chi connectivity index (χ2v) is 13.8. The molecule has 5 heteroatoms. The maximum Gasteiger partial charge on any atom is 0.162 e. The van der Waals surface area contributed by atoms with Crippen molar-refractivity contribution >= 4 is 44.5 Å². The van der Waals surface area contributed by atoms with Crippen LogP contribution in [-0.2, 0) is 31.3 Å². The molecule has 4 aromatic carbocycles. The number of rotatable bonds is 9. The van der Waals surface area contributed by atoms with E-state index < -0.39 is 0 Å². The number of aliphatic hydroxyl groups excluding tert-OH is 1. The third-order valence-corrected chi connectivity index (χ3v) is 9.28. The fourth-order valence-electron chi connectivity index (χ4n) is 6.72. The molecule has 0 bridgehead atoms. The number of aliphatic hydroxyl groups is 1. The predicted octanol–water partition coefficient (Wildman–Crippen LogP) is 12.1. The minimum absolute atomic E-state index is 0. The first kappa shape index (κ1) is 37.0. The van der Waals surface area contributed by atoms with E-state index in [2.05, 4.69) is 111 Å². The Morgan fingerprint density at radius 2 is 1.52 bits per heavy atom. The smallest absolute Gasteiger partial charge is 0.162 e. The number of hydrogen-bond acceptors (Lipinski definition) is 4. The summed E-state index contributed by atoms with van der Waals surface area (Å²) in [7, 11) is 0. The number of carbonyl (C=O) groups is 1. The molecule has 6 rings (SSSR count). The Labute approximate surface area is 300 Å². The van der Waals surface area contributed by atoms with Crippen LogP contribution in [0.1, 0.15) is 79.7 Å². The number of carbonyl (C=O) groups excluding carboxylic acids is 1. The minimum atomic E-state index is 0. The van der Waals surface area contributed by atoms with E-state index in [1.807, 2.05) is 33.8 Å². The molecule has 1 N–H and O–H groups in total. The molecule has 253 valence electrons. The molecule has 2 heterocycles. The van der Waals surface area contributed by atoms with Crippen molar-refractivity contribution < 1.29 is 30.0 Å².